The third kappa shape index (κ3) is 6.77. The van der Waals surface area contributed by atoms with Gasteiger partial charge < -0.3 is 10.1 Å². The van der Waals surface area contributed by atoms with Crippen LogP contribution in [-0.4, -0.2) is 60.3 Å². The molecule has 12 heteroatoms. The molecule has 0 saturated carbocycles. The van der Waals surface area contributed by atoms with Gasteiger partial charge in [0.2, 0.25) is 15.9 Å². The Kier molecular flexibility index (Phi) is 9.40. The predicted octanol–water partition coefficient (Wildman–Crippen LogP) is 4.00. The van der Waals surface area contributed by atoms with E-state index < -0.39 is 32.5 Å². The van der Waals surface area contributed by atoms with Crippen LogP contribution in [0.15, 0.2) is 76.5 Å². The van der Waals surface area contributed by atoms with Crippen molar-refractivity contribution in [2.45, 2.75) is 36.0 Å². The number of halogens is 1. The van der Waals surface area contributed by atoms with Gasteiger partial charge in [0.1, 0.15) is 17.2 Å². The van der Waals surface area contributed by atoms with Crippen molar-refractivity contribution in [2.75, 3.05) is 37.6 Å². The Bertz CT molecular complexity index is 1550. The molecule has 214 valence electrons. The number of hydrogen-bond donors (Lipinski definition) is 1. The zero-order chi connectivity index (χ0) is 28.9. The van der Waals surface area contributed by atoms with Gasteiger partial charge in [-0.15, -0.1) is 0 Å². The molecule has 4 rings (SSSR count). The molecule has 0 spiro atoms. The fourth-order valence-electron chi connectivity index (χ4n) is 4.46. The largest absolute Gasteiger partial charge is 0.495 e. The topological polar surface area (TPSA) is 113 Å². The van der Waals surface area contributed by atoms with E-state index in [-0.39, 0.29) is 27.8 Å². The SMILES string of the molecule is COc1ccc(C)cc1S(=O)(=O)N(CC(=O)NCCc1ccc(S(=O)(=O)N2CCCC2)cc1)c1ccc(Cl)cc1. The number of hydrogen-bond acceptors (Lipinski definition) is 6. The van der Waals surface area contributed by atoms with Crippen molar-refractivity contribution in [1.82, 2.24) is 9.62 Å². The van der Waals surface area contributed by atoms with Crippen LogP contribution >= 0.6 is 11.6 Å². The molecule has 0 aliphatic carbocycles. The van der Waals surface area contributed by atoms with E-state index in [1.807, 2.05) is 0 Å². The lowest BCUT2D eigenvalue weighted by Crippen LogP contribution is -2.41. The Morgan fingerprint density at radius 2 is 1.62 bits per heavy atom. The van der Waals surface area contributed by atoms with Crippen molar-refractivity contribution < 1.29 is 26.4 Å². The molecule has 9 nitrogen and oxygen atoms in total. The van der Waals surface area contributed by atoms with Crippen LogP contribution in [0.2, 0.25) is 5.02 Å². The fourth-order valence-corrected chi connectivity index (χ4v) is 7.77. The van der Waals surface area contributed by atoms with Gasteiger partial charge in [-0.25, -0.2) is 16.8 Å². The highest BCUT2D eigenvalue weighted by Gasteiger charge is 2.30. The van der Waals surface area contributed by atoms with Crippen LogP contribution in [0.3, 0.4) is 0 Å². The summed E-state index contributed by atoms with van der Waals surface area (Å²) in [5.41, 5.74) is 1.84. The highest BCUT2D eigenvalue weighted by molar-refractivity contribution is 7.93. The van der Waals surface area contributed by atoms with Crippen molar-refractivity contribution in [3.63, 3.8) is 0 Å². The number of nitrogens with one attached hydrogen (secondary N) is 1. The maximum Gasteiger partial charge on any atom is 0.268 e. The van der Waals surface area contributed by atoms with Crippen LogP contribution in [0.1, 0.15) is 24.0 Å². The van der Waals surface area contributed by atoms with Gasteiger partial charge in [0, 0.05) is 24.7 Å². The number of nitrogens with zero attached hydrogens (tertiary/aromatic N) is 2. The first kappa shape index (κ1) is 29.9. The summed E-state index contributed by atoms with van der Waals surface area (Å²) < 4.78 is 60.8. The molecular weight excluding hydrogens is 574 g/mol. The summed E-state index contributed by atoms with van der Waals surface area (Å²) in [7, 11) is -6.29. The number of rotatable bonds is 11. The smallest absolute Gasteiger partial charge is 0.268 e. The summed E-state index contributed by atoms with van der Waals surface area (Å²) in [5, 5.41) is 3.20. The first-order valence-electron chi connectivity index (χ1n) is 12.8. The van der Waals surface area contributed by atoms with E-state index in [9.17, 15) is 21.6 Å². The Morgan fingerprint density at radius 1 is 0.975 bits per heavy atom. The quantitative estimate of drug-likeness (QED) is 0.354. The molecule has 1 aliphatic heterocycles. The summed E-state index contributed by atoms with van der Waals surface area (Å²) in [6.07, 6.45) is 2.17. The van der Waals surface area contributed by atoms with Crippen LogP contribution in [-0.2, 0) is 31.3 Å². The monoisotopic (exact) mass is 605 g/mol. The maximum atomic E-state index is 13.8. The molecule has 1 amide bonds. The molecule has 3 aromatic rings. The Morgan fingerprint density at radius 3 is 2.25 bits per heavy atom. The first-order chi connectivity index (χ1) is 19.0. The van der Waals surface area contributed by atoms with Crippen molar-refractivity contribution in [3.8, 4) is 5.75 Å². The Hall–Kier alpha value is -3.12. The summed E-state index contributed by atoms with van der Waals surface area (Å²) in [4.78, 5) is 13.2. The molecule has 0 atom stereocenters. The molecule has 3 aromatic carbocycles. The molecule has 0 aromatic heterocycles. The fraction of sp³-hybridized carbons (Fsp3) is 0.321. The van der Waals surface area contributed by atoms with Gasteiger partial charge in [0.15, 0.2) is 0 Å². The normalized spacial score (nSPS) is 14.2. The molecule has 1 fully saturated rings. The summed E-state index contributed by atoms with van der Waals surface area (Å²) in [5.74, 6) is -0.335. The Labute approximate surface area is 240 Å². The molecule has 1 N–H and O–H groups in total. The molecule has 1 heterocycles. The average molecular weight is 606 g/mol. The zero-order valence-corrected chi connectivity index (χ0v) is 24.7. The molecule has 0 bridgehead atoms. The van der Waals surface area contributed by atoms with Gasteiger partial charge >= 0.3 is 0 Å². The van der Waals surface area contributed by atoms with Crippen LogP contribution in [0.25, 0.3) is 0 Å². The summed E-state index contributed by atoms with van der Waals surface area (Å²) in [6.45, 7) is 2.62. The van der Waals surface area contributed by atoms with Crippen LogP contribution < -0.4 is 14.4 Å². The van der Waals surface area contributed by atoms with E-state index in [0.717, 1.165) is 28.3 Å². The van der Waals surface area contributed by atoms with E-state index in [4.69, 9.17) is 16.3 Å². The zero-order valence-electron chi connectivity index (χ0n) is 22.3. The highest BCUT2D eigenvalue weighted by Crippen LogP contribution is 2.31. The lowest BCUT2D eigenvalue weighted by molar-refractivity contribution is -0.119. The van der Waals surface area contributed by atoms with Crippen LogP contribution in [0.4, 0.5) is 5.69 Å². The lowest BCUT2D eigenvalue weighted by atomic mass is 10.1. The number of ether oxygens (including phenoxy) is 1. The van der Waals surface area contributed by atoms with Gasteiger partial charge in [0.05, 0.1) is 17.7 Å². The van der Waals surface area contributed by atoms with Crippen molar-refractivity contribution in [2.24, 2.45) is 0 Å². The van der Waals surface area contributed by atoms with E-state index >= 15 is 0 Å². The third-order valence-electron chi connectivity index (χ3n) is 6.65. The predicted molar refractivity (Wildman–Crippen MR) is 155 cm³/mol. The third-order valence-corrected chi connectivity index (χ3v) is 10.6. The average Bonchev–Trinajstić information content (AvgIpc) is 3.49. The van der Waals surface area contributed by atoms with Gasteiger partial charge in [-0.3, -0.25) is 9.10 Å². The lowest BCUT2D eigenvalue weighted by Gasteiger charge is -2.25. The van der Waals surface area contributed by atoms with Crippen molar-refractivity contribution in [3.05, 3.63) is 82.9 Å². The first-order valence-corrected chi connectivity index (χ1v) is 16.1. The van der Waals surface area contributed by atoms with E-state index in [2.05, 4.69) is 5.32 Å². The van der Waals surface area contributed by atoms with Gasteiger partial charge in [-0.05, 0) is 85.8 Å². The number of benzene rings is 3. The number of amides is 1. The van der Waals surface area contributed by atoms with E-state index in [1.54, 1.807) is 55.5 Å². The highest BCUT2D eigenvalue weighted by atomic mass is 35.5. The molecule has 40 heavy (non-hydrogen) atoms. The number of sulfonamides is 2. The van der Waals surface area contributed by atoms with Crippen molar-refractivity contribution >= 4 is 43.2 Å². The molecule has 1 saturated heterocycles. The van der Waals surface area contributed by atoms with Crippen LogP contribution in [0.5, 0.6) is 5.75 Å². The molecular formula is C28H32ClN3O6S2. The number of carbonyl (C=O) groups is 1. The van der Waals surface area contributed by atoms with Gasteiger partial charge in [0.25, 0.3) is 10.0 Å². The number of carbonyl (C=O) groups excluding carboxylic acids is 1. The van der Waals surface area contributed by atoms with Crippen LogP contribution in [0, 0.1) is 6.92 Å². The molecule has 0 radical (unpaired) electrons. The minimum atomic E-state index is -4.19. The second-order valence-electron chi connectivity index (χ2n) is 9.50. The van der Waals surface area contributed by atoms with E-state index in [0.29, 0.717) is 24.5 Å². The summed E-state index contributed by atoms with van der Waals surface area (Å²) >= 11 is 6.01. The van der Waals surface area contributed by atoms with Crippen molar-refractivity contribution in [1.29, 1.82) is 0 Å². The minimum Gasteiger partial charge on any atom is -0.495 e. The molecule has 0 unspecified atom stereocenters. The summed E-state index contributed by atoms with van der Waals surface area (Å²) in [6, 6.07) is 17.6. The number of aryl methyl sites for hydroxylation is 1. The minimum absolute atomic E-state index is 0.0540. The number of anilines is 1. The molecule has 1 aliphatic rings. The van der Waals surface area contributed by atoms with Gasteiger partial charge in [-0.2, -0.15) is 4.31 Å². The Balaban J connectivity index is 1.46. The standard InChI is InChI=1S/C28H32ClN3O6S2/c1-21-5-14-26(38-2)27(19-21)40(36,37)32(24-10-8-23(29)9-11-24)20-28(33)30-16-15-22-6-12-25(13-7-22)39(34,35)31-17-3-4-18-31/h5-14,19H,3-4,15-18,20H2,1-2H3,(H,30,33). The van der Waals surface area contributed by atoms with E-state index in [1.165, 1.54) is 29.6 Å². The van der Waals surface area contributed by atoms with Gasteiger partial charge in [-0.1, -0.05) is 29.8 Å². The second-order valence-corrected chi connectivity index (χ2v) is 13.7. The maximum absolute atomic E-state index is 13.8. The number of methoxy groups -OCH3 is 1. The second kappa shape index (κ2) is 12.6.